The highest BCUT2D eigenvalue weighted by atomic mass is 35.5. The van der Waals surface area contributed by atoms with Crippen molar-refractivity contribution in [2.75, 3.05) is 0 Å². The molecular formula is C15H19BClNO2. The van der Waals surface area contributed by atoms with Gasteiger partial charge in [0.05, 0.1) is 11.2 Å². The Labute approximate surface area is 125 Å². The van der Waals surface area contributed by atoms with Crippen molar-refractivity contribution < 1.29 is 9.31 Å². The molecule has 106 valence electrons. The Morgan fingerprint density at radius 2 is 1.65 bits per heavy atom. The number of fused-ring (bicyclic) bond motifs is 1. The summed E-state index contributed by atoms with van der Waals surface area (Å²) in [6.07, 6.45) is 0. The van der Waals surface area contributed by atoms with Crippen LogP contribution in [-0.4, -0.2) is 22.9 Å². The minimum Gasteiger partial charge on any atom is -0.398 e. The lowest BCUT2D eigenvalue weighted by molar-refractivity contribution is 0.00578. The van der Waals surface area contributed by atoms with Gasteiger partial charge in [-0.15, -0.1) is 0 Å². The van der Waals surface area contributed by atoms with Crippen molar-refractivity contribution in [3.8, 4) is 0 Å². The third-order valence-electron chi connectivity index (χ3n) is 4.54. The Balaban J connectivity index is 2.06. The summed E-state index contributed by atoms with van der Waals surface area (Å²) < 4.78 is 14.3. The molecule has 0 radical (unpaired) electrons. The van der Waals surface area contributed by atoms with E-state index in [0.29, 0.717) is 0 Å². The first kappa shape index (κ1) is 14.0. The van der Waals surface area contributed by atoms with E-state index in [2.05, 4.69) is 38.3 Å². The van der Waals surface area contributed by atoms with Crippen LogP contribution in [0.5, 0.6) is 0 Å². The first-order valence-electron chi connectivity index (χ1n) is 6.82. The monoisotopic (exact) mass is 291 g/mol. The molecule has 5 heteroatoms. The summed E-state index contributed by atoms with van der Waals surface area (Å²) in [5, 5.41) is 1.88. The van der Waals surface area contributed by atoms with Gasteiger partial charge in [0.1, 0.15) is 0 Å². The van der Waals surface area contributed by atoms with Gasteiger partial charge >= 0.3 is 7.12 Å². The molecule has 1 fully saturated rings. The molecule has 0 spiro atoms. The van der Waals surface area contributed by atoms with Crippen LogP contribution in [0.3, 0.4) is 0 Å². The molecule has 0 bridgehead atoms. The average molecular weight is 292 g/mol. The largest absolute Gasteiger partial charge is 0.512 e. The molecule has 1 aliphatic rings. The molecule has 2 aromatic rings. The highest BCUT2D eigenvalue weighted by molar-refractivity contribution is 6.61. The lowest BCUT2D eigenvalue weighted by atomic mass is 9.84. The maximum atomic E-state index is 6.11. The Hall–Kier alpha value is -0.965. The van der Waals surface area contributed by atoms with Crippen molar-refractivity contribution in [1.29, 1.82) is 0 Å². The zero-order valence-corrected chi connectivity index (χ0v) is 13.3. The van der Waals surface area contributed by atoms with Gasteiger partial charge in [0.25, 0.3) is 0 Å². The number of aromatic nitrogens is 1. The fraction of sp³-hybridized carbons (Fsp3) is 0.467. The molecule has 0 amide bonds. The predicted molar refractivity (Wildman–Crippen MR) is 83.6 cm³/mol. The second kappa shape index (κ2) is 4.26. The number of hydrogen-bond donors (Lipinski definition) is 0. The first-order valence-corrected chi connectivity index (χ1v) is 7.20. The topological polar surface area (TPSA) is 23.4 Å². The van der Waals surface area contributed by atoms with Crippen LogP contribution < -0.4 is 5.59 Å². The van der Waals surface area contributed by atoms with Crippen molar-refractivity contribution >= 4 is 35.2 Å². The first-order chi connectivity index (χ1) is 9.21. The van der Waals surface area contributed by atoms with Gasteiger partial charge in [0.15, 0.2) is 0 Å². The van der Waals surface area contributed by atoms with Gasteiger partial charge in [0, 0.05) is 23.2 Å². The van der Waals surface area contributed by atoms with E-state index >= 15 is 0 Å². The van der Waals surface area contributed by atoms with Crippen LogP contribution in [-0.2, 0) is 16.4 Å². The Bertz CT molecular complexity index is 662. The second-order valence-corrected chi connectivity index (χ2v) is 6.86. The summed E-state index contributed by atoms with van der Waals surface area (Å²) in [7, 11) is 1.66. The molecule has 3 nitrogen and oxygen atoms in total. The van der Waals surface area contributed by atoms with Crippen LogP contribution in [0.4, 0.5) is 0 Å². The SMILES string of the molecule is Cn1c(B2OC(C)(C)C(C)(C)O2)cc2ccc(Cl)cc21. The van der Waals surface area contributed by atoms with E-state index in [0.717, 1.165) is 21.5 Å². The van der Waals surface area contributed by atoms with Gasteiger partial charge in [-0.3, -0.25) is 0 Å². The maximum Gasteiger partial charge on any atom is 0.512 e. The van der Waals surface area contributed by atoms with Crippen molar-refractivity contribution in [2.45, 2.75) is 38.9 Å². The molecule has 0 atom stereocenters. The number of halogens is 1. The van der Waals surface area contributed by atoms with Crippen LogP contribution in [0.25, 0.3) is 10.9 Å². The van der Waals surface area contributed by atoms with Gasteiger partial charge in [-0.05, 0) is 51.3 Å². The number of hydrogen-bond acceptors (Lipinski definition) is 2. The van der Waals surface area contributed by atoms with Gasteiger partial charge in [-0.1, -0.05) is 17.7 Å². The normalized spacial score (nSPS) is 20.8. The number of benzene rings is 1. The smallest absolute Gasteiger partial charge is 0.398 e. The Morgan fingerprint density at radius 1 is 1.05 bits per heavy atom. The standard InChI is InChI=1S/C15H19BClNO2/c1-14(2)15(3,4)20-16(19-14)13-8-10-6-7-11(17)9-12(10)18(13)5/h6-9H,1-5H3. The summed E-state index contributed by atoms with van der Waals surface area (Å²) >= 11 is 6.07. The second-order valence-electron chi connectivity index (χ2n) is 6.42. The lowest BCUT2D eigenvalue weighted by Crippen LogP contribution is -2.41. The molecule has 2 heterocycles. The molecule has 1 aromatic heterocycles. The van der Waals surface area contributed by atoms with Gasteiger partial charge in [-0.2, -0.15) is 0 Å². The summed E-state index contributed by atoms with van der Waals surface area (Å²) in [4.78, 5) is 0. The molecule has 1 saturated heterocycles. The van der Waals surface area contributed by atoms with Crippen molar-refractivity contribution in [1.82, 2.24) is 4.57 Å². The summed E-state index contributed by atoms with van der Waals surface area (Å²) in [6, 6.07) is 7.99. The highest BCUT2D eigenvalue weighted by Gasteiger charge is 2.52. The quantitative estimate of drug-likeness (QED) is 0.754. The summed E-state index contributed by atoms with van der Waals surface area (Å²) in [6.45, 7) is 8.25. The fourth-order valence-corrected chi connectivity index (χ4v) is 2.68. The lowest BCUT2D eigenvalue weighted by Gasteiger charge is -2.32. The van der Waals surface area contributed by atoms with Crippen LogP contribution in [0.15, 0.2) is 24.3 Å². The molecule has 0 aliphatic carbocycles. The summed E-state index contributed by atoms with van der Waals surface area (Å²) in [5.41, 5.74) is 1.44. The van der Waals surface area contributed by atoms with Crippen molar-refractivity contribution in [3.05, 3.63) is 29.3 Å². The van der Waals surface area contributed by atoms with E-state index < -0.39 is 0 Å². The van der Waals surface area contributed by atoms with Crippen molar-refractivity contribution in [3.63, 3.8) is 0 Å². The molecule has 3 rings (SSSR count). The van der Waals surface area contributed by atoms with Gasteiger partial charge in [-0.25, -0.2) is 0 Å². The van der Waals surface area contributed by atoms with E-state index in [-0.39, 0.29) is 18.3 Å². The third kappa shape index (κ3) is 1.98. The molecule has 0 saturated carbocycles. The molecule has 1 aromatic carbocycles. The van der Waals surface area contributed by atoms with Crippen molar-refractivity contribution in [2.24, 2.45) is 7.05 Å². The van der Waals surface area contributed by atoms with Crippen LogP contribution >= 0.6 is 11.6 Å². The molecule has 0 N–H and O–H groups in total. The predicted octanol–water partition coefficient (Wildman–Crippen LogP) is 3.13. The van der Waals surface area contributed by atoms with Crippen LogP contribution in [0.1, 0.15) is 27.7 Å². The highest BCUT2D eigenvalue weighted by Crippen LogP contribution is 2.36. The van der Waals surface area contributed by atoms with Gasteiger partial charge in [0.2, 0.25) is 0 Å². The molecular weight excluding hydrogens is 272 g/mol. The number of rotatable bonds is 1. The molecule has 0 unspecified atom stereocenters. The van der Waals surface area contributed by atoms with E-state index in [1.54, 1.807) is 0 Å². The van der Waals surface area contributed by atoms with E-state index in [1.807, 2.05) is 25.2 Å². The zero-order chi connectivity index (χ0) is 14.7. The molecule has 1 aliphatic heterocycles. The minimum atomic E-state index is -0.351. The number of aryl methyl sites for hydroxylation is 1. The van der Waals surface area contributed by atoms with E-state index in [1.165, 1.54) is 0 Å². The van der Waals surface area contributed by atoms with Crippen LogP contribution in [0.2, 0.25) is 5.02 Å². The summed E-state index contributed by atoms with van der Waals surface area (Å²) in [5.74, 6) is 0. The third-order valence-corrected chi connectivity index (χ3v) is 4.77. The maximum absolute atomic E-state index is 6.11. The zero-order valence-electron chi connectivity index (χ0n) is 12.5. The molecule has 20 heavy (non-hydrogen) atoms. The van der Waals surface area contributed by atoms with Gasteiger partial charge < -0.3 is 13.9 Å². The van der Waals surface area contributed by atoms with E-state index in [4.69, 9.17) is 20.9 Å². The van der Waals surface area contributed by atoms with Crippen LogP contribution in [0, 0.1) is 0 Å². The Kier molecular flexibility index (Phi) is 2.98. The van der Waals surface area contributed by atoms with E-state index in [9.17, 15) is 0 Å². The fourth-order valence-electron chi connectivity index (χ4n) is 2.51. The number of nitrogens with zero attached hydrogens (tertiary/aromatic N) is 1. The Morgan fingerprint density at radius 3 is 2.25 bits per heavy atom. The average Bonchev–Trinajstić information content (AvgIpc) is 2.75. The minimum absolute atomic E-state index is 0.328.